The molecular formula is C5H4N6OS. The van der Waals surface area contributed by atoms with Crippen molar-refractivity contribution in [3.05, 3.63) is 17.4 Å². The van der Waals surface area contributed by atoms with E-state index >= 15 is 0 Å². The summed E-state index contributed by atoms with van der Waals surface area (Å²) in [4.78, 5) is 14.7. The van der Waals surface area contributed by atoms with Crippen molar-refractivity contribution in [3.8, 4) is 5.13 Å². The van der Waals surface area contributed by atoms with E-state index in [9.17, 15) is 4.79 Å². The Labute approximate surface area is 76.2 Å². The van der Waals surface area contributed by atoms with Gasteiger partial charge in [0.2, 0.25) is 11.0 Å². The summed E-state index contributed by atoms with van der Waals surface area (Å²) in [6.45, 7) is 0. The third-order valence-electron chi connectivity index (χ3n) is 1.29. The first-order valence-corrected chi connectivity index (χ1v) is 4.15. The summed E-state index contributed by atoms with van der Waals surface area (Å²) in [6.07, 6.45) is 1.59. The number of rotatable bonds is 2. The van der Waals surface area contributed by atoms with E-state index in [0.29, 0.717) is 5.13 Å². The van der Waals surface area contributed by atoms with Gasteiger partial charge >= 0.3 is 0 Å². The Kier molecular flexibility index (Phi) is 1.74. The lowest BCUT2D eigenvalue weighted by Gasteiger charge is -1.94. The van der Waals surface area contributed by atoms with Crippen LogP contribution in [0.25, 0.3) is 5.13 Å². The molecular weight excluding hydrogens is 192 g/mol. The molecule has 0 saturated carbocycles. The third-order valence-corrected chi connectivity index (χ3v) is 2.04. The summed E-state index contributed by atoms with van der Waals surface area (Å²) in [5.74, 6) is -0.699. The highest BCUT2D eigenvalue weighted by Crippen LogP contribution is 2.09. The topological polar surface area (TPSA) is 99.6 Å². The van der Waals surface area contributed by atoms with Gasteiger partial charge in [0.1, 0.15) is 0 Å². The number of hydrogen-bond acceptors (Lipinski definition) is 6. The number of nitrogens with two attached hydrogens (primary N) is 1. The van der Waals surface area contributed by atoms with E-state index < -0.39 is 5.91 Å². The SMILES string of the molecule is NC(=O)c1nnnn1-c1nccs1. The molecule has 2 aromatic heterocycles. The summed E-state index contributed by atoms with van der Waals surface area (Å²) < 4.78 is 1.20. The van der Waals surface area contributed by atoms with Crippen molar-refractivity contribution in [2.45, 2.75) is 0 Å². The van der Waals surface area contributed by atoms with Gasteiger partial charge in [-0.25, -0.2) is 4.98 Å². The highest BCUT2D eigenvalue weighted by atomic mass is 32.1. The van der Waals surface area contributed by atoms with Crippen LogP contribution in [0.15, 0.2) is 11.6 Å². The second-order valence-electron chi connectivity index (χ2n) is 2.09. The van der Waals surface area contributed by atoms with Gasteiger partial charge < -0.3 is 5.73 Å². The molecule has 1 amide bonds. The number of thiazole rings is 1. The van der Waals surface area contributed by atoms with Crippen molar-refractivity contribution in [1.82, 2.24) is 25.2 Å². The van der Waals surface area contributed by atoms with Crippen LogP contribution in [0.4, 0.5) is 0 Å². The van der Waals surface area contributed by atoms with Crippen molar-refractivity contribution >= 4 is 17.2 Å². The lowest BCUT2D eigenvalue weighted by Crippen LogP contribution is -2.17. The summed E-state index contributed by atoms with van der Waals surface area (Å²) in [6, 6.07) is 0. The van der Waals surface area contributed by atoms with Gasteiger partial charge in [-0.2, -0.15) is 4.68 Å². The molecule has 0 aromatic carbocycles. The van der Waals surface area contributed by atoms with E-state index in [0.717, 1.165) is 0 Å². The van der Waals surface area contributed by atoms with Crippen molar-refractivity contribution in [2.75, 3.05) is 0 Å². The molecule has 0 bridgehead atoms. The van der Waals surface area contributed by atoms with Crippen LogP contribution < -0.4 is 5.73 Å². The molecule has 2 rings (SSSR count). The summed E-state index contributed by atoms with van der Waals surface area (Å²) in [5.41, 5.74) is 5.04. The minimum Gasteiger partial charge on any atom is -0.363 e. The Morgan fingerprint density at radius 1 is 1.62 bits per heavy atom. The van der Waals surface area contributed by atoms with Gasteiger partial charge in [-0.3, -0.25) is 4.79 Å². The molecule has 0 saturated heterocycles. The zero-order valence-electron chi connectivity index (χ0n) is 6.28. The Morgan fingerprint density at radius 3 is 3.08 bits per heavy atom. The number of amides is 1. The van der Waals surface area contributed by atoms with E-state index in [1.54, 1.807) is 11.6 Å². The fourth-order valence-electron chi connectivity index (χ4n) is 0.790. The first kappa shape index (κ1) is 7.80. The highest BCUT2D eigenvalue weighted by molar-refractivity contribution is 7.12. The molecule has 13 heavy (non-hydrogen) atoms. The largest absolute Gasteiger partial charge is 0.363 e. The van der Waals surface area contributed by atoms with E-state index in [2.05, 4.69) is 20.5 Å². The van der Waals surface area contributed by atoms with Crippen LogP contribution in [-0.4, -0.2) is 31.1 Å². The zero-order chi connectivity index (χ0) is 9.26. The maximum absolute atomic E-state index is 10.8. The predicted molar refractivity (Wildman–Crippen MR) is 43.3 cm³/mol. The first-order chi connectivity index (χ1) is 6.29. The summed E-state index contributed by atoms with van der Waals surface area (Å²) in [5, 5.41) is 12.6. The smallest absolute Gasteiger partial charge is 0.288 e. The normalized spacial score (nSPS) is 10.2. The van der Waals surface area contributed by atoms with Gasteiger partial charge in [0.25, 0.3) is 5.91 Å². The summed E-state index contributed by atoms with van der Waals surface area (Å²) in [7, 11) is 0. The van der Waals surface area contributed by atoms with Gasteiger partial charge in [0, 0.05) is 11.6 Å². The Balaban J connectivity index is 2.52. The molecule has 0 aliphatic rings. The Hall–Kier alpha value is -1.83. The lowest BCUT2D eigenvalue weighted by atomic mass is 10.6. The standard InChI is InChI=1S/C5H4N6OS/c6-3(12)4-8-9-10-11(4)5-7-1-2-13-5/h1-2H,(H2,6,12). The van der Waals surface area contributed by atoms with Crippen LogP contribution in [-0.2, 0) is 0 Å². The highest BCUT2D eigenvalue weighted by Gasteiger charge is 2.14. The molecule has 2 aromatic rings. The van der Waals surface area contributed by atoms with Crippen LogP contribution in [0.3, 0.4) is 0 Å². The second kappa shape index (κ2) is 2.90. The number of hydrogen-bond donors (Lipinski definition) is 1. The Bertz CT molecular complexity index is 420. The fraction of sp³-hybridized carbons (Fsp3) is 0. The Morgan fingerprint density at radius 2 is 2.46 bits per heavy atom. The zero-order valence-corrected chi connectivity index (χ0v) is 7.10. The molecule has 0 atom stereocenters. The number of carbonyl (C=O) groups excluding carboxylic acids is 1. The third kappa shape index (κ3) is 1.26. The minimum absolute atomic E-state index is 0.0186. The van der Waals surface area contributed by atoms with Gasteiger partial charge in [-0.1, -0.05) is 0 Å². The number of primary amides is 1. The molecule has 0 radical (unpaired) electrons. The molecule has 2 N–H and O–H groups in total. The maximum Gasteiger partial charge on any atom is 0.288 e. The fourth-order valence-corrected chi connectivity index (χ4v) is 1.38. The number of nitrogens with zero attached hydrogens (tertiary/aromatic N) is 5. The van der Waals surface area contributed by atoms with E-state index in [1.807, 2.05) is 0 Å². The van der Waals surface area contributed by atoms with E-state index in [1.165, 1.54) is 16.0 Å². The van der Waals surface area contributed by atoms with Crippen molar-refractivity contribution in [1.29, 1.82) is 0 Å². The average molecular weight is 196 g/mol. The number of carbonyl (C=O) groups is 1. The minimum atomic E-state index is -0.680. The average Bonchev–Trinajstić information content (AvgIpc) is 2.74. The van der Waals surface area contributed by atoms with Gasteiger partial charge in [0.05, 0.1) is 0 Å². The molecule has 0 aliphatic heterocycles. The number of tetrazole rings is 1. The van der Waals surface area contributed by atoms with Crippen LogP contribution in [0.5, 0.6) is 0 Å². The van der Waals surface area contributed by atoms with Gasteiger partial charge in [-0.15, -0.1) is 16.4 Å². The molecule has 0 aliphatic carbocycles. The second-order valence-corrected chi connectivity index (χ2v) is 2.97. The van der Waals surface area contributed by atoms with E-state index in [-0.39, 0.29) is 5.82 Å². The van der Waals surface area contributed by atoms with Crippen LogP contribution in [0, 0.1) is 0 Å². The van der Waals surface area contributed by atoms with Crippen LogP contribution >= 0.6 is 11.3 Å². The molecule has 0 spiro atoms. The molecule has 2 heterocycles. The monoisotopic (exact) mass is 196 g/mol. The van der Waals surface area contributed by atoms with Gasteiger partial charge in [-0.05, 0) is 10.4 Å². The van der Waals surface area contributed by atoms with Crippen molar-refractivity contribution in [2.24, 2.45) is 5.73 Å². The molecule has 0 fully saturated rings. The molecule has 0 unspecified atom stereocenters. The molecule has 66 valence electrons. The summed E-state index contributed by atoms with van der Waals surface area (Å²) >= 11 is 1.31. The van der Waals surface area contributed by atoms with Crippen LogP contribution in [0.1, 0.15) is 10.6 Å². The molecule has 8 heteroatoms. The van der Waals surface area contributed by atoms with Gasteiger partial charge in [0.15, 0.2) is 0 Å². The van der Waals surface area contributed by atoms with Crippen molar-refractivity contribution < 1.29 is 4.79 Å². The van der Waals surface area contributed by atoms with Crippen molar-refractivity contribution in [3.63, 3.8) is 0 Å². The molecule has 7 nitrogen and oxygen atoms in total. The lowest BCUT2D eigenvalue weighted by molar-refractivity contribution is 0.0988. The maximum atomic E-state index is 10.8. The van der Waals surface area contributed by atoms with E-state index in [4.69, 9.17) is 5.73 Å². The van der Waals surface area contributed by atoms with Crippen LogP contribution in [0.2, 0.25) is 0 Å². The quantitative estimate of drug-likeness (QED) is 0.679. The predicted octanol–water partition coefficient (Wildman–Crippen LogP) is -0.782. The number of aromatic nitrogens is 5. The first-order valence-electron chi connectivity index (χ1n) is 3.27.